The van der Waals surface area contributed by atoms with Crippen molar-refractivity contribution in [3.8, 4) is 0 Å². The minimum Gasteiger partial charge on any atom is -0.374 e. The molecule has 1 rings (SSSR count). The lowest BCUT2D eigenvalue weighted by Crippen LogP contribution is -2.51. The van der Waals surface area contributed by atoms with Crippen LogP contribution in [0.15, 0.2) is 0 Å². The molecular formula is C13H27N3O2. The Balaban J connectivity index is 2.25. The van der Waals surface area contributed by atoms with E-state index in [1.54, 1.807) is 0 Å². The molecule has 5 heteroatoms. The number of hydrogen-bond acceptors (Lipinski definition) is 4. The van der Waals surface area contributed by atoms with Gasteiger partial charge in [0.1, 0.15) is 0 Å². The second kappa shape index (κ2) is 7.71. The molecule has 1 amide bonds. The molecule has 0 saturated carbocycles. The first-order chi connectivity index (χ1) is 8.52. The van der Waals surface area contributed by atoms with E-state index in [0.29, 0.717) is 0 Å². The SMILES string of the molecule is CCN1CCOC(CNC(C)C(=O)NC(C)C)C1. The van der Waals surface area contributed by atoms with Crippen LogP contribution >= 0.6 is 0 Å². The number of amides is 1. The first-order valence-electron chi connectivity index (χ1n) is 6.90. The topological polar surface area (TPSA) is 53.6 Å². The fraction of sp³-hybridized carbons (Fsp3) is 0.923. The van der Waals surface area contributed by atoms with E-state index in [2.05, 4.69) is 22.5 Å². The second-order valence-corrected chi connectivity index (χ2v) is 5.18. The molecule has 106 valence electrons. The van der Waals surface area contributed by atoms with Crippen LogP contribution in [0.2, 0.25) is 0 Å². The number of morpholine rings is 1. The Morgan fingerprint density at radius 1 is 1.44 bits per heavy atom. The van der Waals surface area contributed by atoms with E-state index in [-0.39, 0.29) is 24.1 Å². The number of rotatable bonds is 6. The molecule has 0 aromatic carbocycles. The zero-order valence-electron chi connectivity index (χ0n) is 12.0. The lowest BCUT2D eigenvalue weighted by Gasteiger charge is -2.32. The summed E-state index contributed by atoms with van der Waals surface area (Å²) in [5, 5.41) is 6.14. The molecule has 2 unspecified atom stereocenters. The average Bonchev–Trinajstić information content (AvgIpc) is 2.35. The van der Waals surface area contributed by atoms with Crippen molar-refractivity contribution >= 4 is 5.91 Å². The van der Waals surface area contributed by atoms with Gasteiger partial charge in [-0.1, -0.05) is 6.92 Å². The van der Waals surface area contributed by atoms with Crippen molar-refractivity contribution in [2.24, 2.45) is 0 Å². The van der Waals surface area contributed by atoms with Gasteiger partial charge in [-0.3, -0.25) is 9.69 Å². The molecule has 0 aromatic heterocycles. The number of carbonyl (C=O) groups is 1. The van der Waals surface area contributed by atoms with Crippen LogP contribution in [0.5, 0.6) is 0 Å². The van der Waals surface area contributed by atoms with Crippen LogP contribution in [-0.2, 0) is 9.53 Å². The molecule has 5 nitrogen and oxygen atoms in total. The highest BCUT2D eigenvalue weighted by Gasteiger charge is 2.21. The molecule has 2 N–H and O–H groups in total. The molecule has 1 aliphatic heterocycles. The normalized spacial score (nSPS) is 23.1. The fourth-order valence-corrected chi connectivity index (χ4v) is 2.00. The van der Waals surface area contributed by atoms with Gasteiger partial charge < -0.3 is 15.4 Å². The highest BCUT2D eigenvalue weighted by molar-refractivity contribution is 5.81. The minimum atomic E-state index is -0.173. The molecule has 1 fully saturated rings. The van der Waals surface area contributed by atoms with Crippen molar-refractivity contribution in [1.29, 1.82) is 0 Å². The van der Waals surface area contributed by atoms with Crippen molar-refractivity contribution in [3.05, 3.63) is 0 Å². The van der Waals surface area contributed by atoms with E-state index in [1.807, 2.05) is 20.8 Å². The van der Waals surface area contributed by atoms with Gasteiger partial charge in [-0.05, 0) is 27.3 Å². The summed E-state index contributed by atoms with van der Waals surface area (Å²) in [5.74, 6) is 0.0492. The number of ether oxygens (including phenoxy) is 1. The summed E-state index contributed by atoms with van der Waals surface area (Å²) in [7, 11) is 0. The Kier molecular flexibility index (Phi) is 6.60. The van der Waals surface area contributed by atoms with Gasteiger partial charge >= 0.3 is 0 Å². The van der Waals surface area contributed by atoms with Crippen molar-refractivity contribution in [1.82, 2.24) is 15.5 Å². The molecule has 2 atom stereocenters. The Morgan fingerprint density at radius 3 is 2.78 bits per heavy atom. The Labute approximate surface area is 110 Å². The van der Waals surface area contributed by atoms with Gasteiger partial charge in [-0.15, -0.1) is 0 Å². The number of nitrogens with one attached hydrogen (secondary N) is 2. The highest BCUT2D eigenvalue weighted by atomic mass is 16.5. The molecule has 0 spiro atoms. The van der Waals surface area contributed by atoms with Crippen LogP contribution in [0.3, 0.4) is 0 Å². The lowest BCUT2D eigenvalue weighted by molar-refractivity contribution is -0.123. The van der Waals surface area contributed by atoms with E-state index in [9.17, 15) is 4.79 Å². The monoisotopic (exact) mass is 257 g/mol. The summed E-state index contributed by atoms with van der Waals surface area (Å²) in [4.78, 5) is 14.1. The maximum atomic E-state index is 11.7. The van der Waals surface area contributed by atoms with Crippen LogP contribution in [0.25, 0.3) is 0 Å². The minimum absolute atomic E-state index is 0.0492. The third-order valence-corrected chi connectivity index (χ3v) is 3.15. The predicted octanol–water partition coefficient (Wildman–Crippen LogP) is 0.210. The van der Waals surface area contributed by atoms with Crippen molar-refractivity contribution in [2.45, 2.75) is 45.9 Å². The third-order valence-electron chi connectivity index (χ3n) is 3.15. The van der Waals surface area contributed by atoms with E-state index < -0.39 is 0 Å². The van der Waals surface area contributed by atoms with Gasteiger partial charge in [0.15, 0.2) is 0 Å². The number of carbonyl (C=O) groups excluding carboxylic acids is 1. The van der Waals surface area contributed by atoms with Gasteiger partial charge in [-0.25, -0.2) is 0 Å². The van der Waals surface area contributed by atoms with Gasteiger partial charge in [0.25, 0.3) is 0 Å². The van der Waals surface area contributed by atoms with Gasteiger partial charge in [-0.2, -0.15) is 0 Å². The Morgan fingerprint density at radius 2 is 2.17 bits per heavy atom. The van der Waals surface area contributed by atoms with E-state index in [4.69, 9.17) is 4.74 Å². The number of hydrogen-bond donors (Lipinski definition) is 2. The Bertz CT molecular complexity index is 259. The summed E-state index contributed by atoms with van der Waals surface area (Å²) >= 11 is 0. The number of likely N-dealkylation sites (N-methyl/N-ethyl adjacent to an activating group) is 1. The number of nitrogens with zero attached hydrogens (tertiary/aromatic N) is 1. The van der Waals surface area contributed by atoms with Crippen molar-refractivity contribution in [2.75, 3.05) is 32.8 Å². The molecular weight excluding hydrogens is 230 g/mol. The average molecular weight is 257 g/mol. The predicted molar refractivity (Wildman–Crippen MR) is 72.6 cm³/mol. The summed E-state index contributed by atoms with van der Waals surface area (Å²) < 4.78 is 5.69. The molecule has 1 aliphatic rings. The molecule has 0 bridgehead atoms. The van der Waals surface area contributed by atoms with Crippen LogP contribution in [0, 0.1) is 0 Å². The first-order valence-corrected chi connectivity index (χ1v) is 6.90. The third kappa shape index (κ3) is 5.33. The summed E-state index contributed by atoms with van der Waals surface area (Å²) in [6, 6.07) is 0.0104. The van der Waals surface area contributed by atoms with Crippen molar-refractivity contribution in [3.63, 3.8) is 0 Å². The fourth-order valence-electron chi connectivity index (χ4n) is 2.00. The van der Waals surface area contributed by atoms with Gasteiger partial charge in [0, 0.05) is 25.7 Å². The molecule has 18 heavy (non-hydrogen) atoms. The zero-order valence-corrected chi connectivity index (χ0v) is 12.0. The van der Waals surface area contributed by atoms with Gasteiger partial charge in [0.05, 0.1) is 18.8 Å². The summed E-state index contributed by atoms with van der Waals surface area (Å²) in [5.41, 5.74) is 0. The van der Waals surface area contributed by atoms with E-state index in [1.165, 1.54) is 0 Å². The van der Waals surface area contributed by atoms with Crippen molar-refractivity contribution < 1.29 is 9.53 Å². The van der Waals surface area contributed by atoms with E-state index >= 15 is 0 Å². The van der Waals surface area contributed by atoms with Crippen LogP contribution in [0.4, 0.5) is 0 Å². The van der Waals surface area contributed by atoms with Crippen LogP contribution < -0.4 is 10.6 Å². The smallest absolute Gasteiger partial charge is 0.237 e. The molecule has 1 saturated heterocycles. The second-order valence-electron chi connectivity index (χ2n) is 5.18. The van der Waals surface area contributed by atoms with E-state index in [0.717, 1.165) is 32.8 Å². The first kappa shape index (κ1) is 15.4. The lowest BCUT2D eigenvalue weighted by atomic mass is 10.2. The zero-order chi connectivity index (χ0) is 13.5. The standard InChI is InChI=1S/C13H27N3O2/c1-5-16-6-7-18-12(9-16)8-14-11(4)13(17)15-10(2)3/h10-12,14H,5-9H2,1-4H3,(H,15,17). The molecule has 1 heterocycles. The van der Waals surface area contributed by atoms with Gasteiger partial charge in [0.2, 0.25) is 5.91 Å². The molecule has 0 radical (unpaired) electrons. The summed E-state index contributed by atoms with van der Waals surface area (Å²) in [6.45, 7) is 12.5. The maximum absolute atomic E-state index is 11.7. The van der Waals surface area contributed by atoms with Crippen LogP contribution in [-0.4, -0.2) is 61.8 Å². The maximum Gasteiger partial charge on any atom is 0.237 e. The quantitative estimate of drug-likeness (QED) is 0.714. The Hall–Kier alpha value is -0.650. The molecule has 0 aliphatic carbocycles. The largest absolute Gasteiger partial charge is 0.374 e. The van der Waals surface area contributed by atoms with Crippen LogP contribution in [0.1, 0.15) is 27.7 Å². The molecule has 0 aromatic rings. The summed E-state index contributed by atoms with van der Waals surface area (Å²) in [6.07, 6.45) is 0.188. The highest BCUT2D eigenvalue weighted by Crippen LogP contribution is 2.04.